The van der Waals surface area contributed by atoms with Crippen LogP contribution in [-0.4, -0.2) is 26.1 Å². The van der Waals surface area contributed by atoms with E-state index in [1.165, 1.54) is 22.8 Å². The summed E-state index contributed by atoms with van der Waals surface area (Å²) in [6.07, 6.45) is 0.801. The molecular weight excluding hydrogens is 531 g/mol. The molecule has 11 heteroatoms. The van der Waals surface area contributed by atoms with Crippen LogP contribution in [0.3, 0.4) is 0 Å². The molecule has 0 spiro atoms. The molecule has 0 saturated heterocycles. The fraction of sp³-hybridized carbons (Fsp3) is 0.286. The van der Waals surface area contributed by atoms with Gasteiger partial charge < -0.3 is 5.32 Å². The van der Waals surface area contributed by atoms with Gasteiger partial charge in [-0.05, 0) is 68.0 Å². The van der Waals surface area contributed by atoms with Crippen molar-refractivity contribution in [2.45, 2.75) is 44.7 Å². The summed E-state index contributed by atoms with van der Waals surface area (Å²) in [5, 5.41) is 12.5. The smallest absolute Gasteiger partial charge is 0.333 e. The maximum absolute atomic E-state index is 13.7. The number of imidazole rings is 1. The van der Waals surface area contributed by atoms with Gasteiger partial charge in [0, 0.05) is 18.8 Å². The van der Waals surface area contributed by atoms with Gasteiger partial charge in [0.05, 0.1) is 32.9 Å². The molecule has 1 aliphatic carbocycles. The van der Waals surface area contributed by atoms with Gasteiger partial charge in [-0.25, -0.2) is 18.0 Å². The predicted octanol–water partition coefficient (Wildman–Crippen LogP) is 5.78. The third kappa shape index (κ3) is 5.27. The molecule has 1 N–H and O–H groups in total. The first-order chi connectivity index (χ1) is 18.8. The third-order valence-electron chi connectivity index (χ3n) is 7.11. The molecule has 1 fully saturated rings. The van der Waals surface area contributed by atoms with Crippen LogP contribution in [0.15, 0.2) is 59.5 Å². The van der Waals surface area contributed by atoms with Crippen molar-refractivity contribution >= 4 is 28.5 Å². The van der Waals surface area contributed by atoms with Gasteiger partial charge in [-0.3, -0.25) is 18.9 Å². The molecule has 39 heavy (non-hydrogen) atoms. The minimum atomic E-state index is -2.90. The average molecular weight is 554 g/mol. The quantitative estimate of drug-likeness (QED) is 0.328. The van der Waals surface area contributed by atoms with Crippen molar-refractivity contribution in [2.75, 3.05) is 0 Å². The topological polar surface area (TPSA) is 92.7 Å². The van der Waals surface area contributed by atoms with Crippen molar-refractivity contribution in [1.29, 1.82) is 5.26 Å². The highest BCUT2D eigenvalue weighted by atomic mass is 35.5. The lowest BCUT2D eigenvalue weighted by atomic mass is 9.85. The number of nitrogens with zero attached hydrogens (tertiary/aromatic N) is 4. The van der Waals surface area contributed by atoms with Crippen molar-refractivity contribution in [3.8, 4) is 11.8 Å². The summed E-state index contributed by atoms with van der Waals surface area (Å²) >= 11 is 5.87. The molecule has 0 radical (unpaired) electrons. The van der Waals surface area contributed by atoms with E-state index >= 15 is 0 Å². The highest BCUT2D eigenvalue weighted by Gasteiger charge is 2.27. The number of aromatic nitrogens is 3. The third-order valence-corrected chi connectivity index (χ3v) is 7.32. The second-order valence-corrected chi connectivity index (χ2v) is 10.0. The number of carbonyl (C=O) groups excluding carboxylic acids is 1. The lowest BCUT2D eigenvalue weighted by molar-refractivity contribution is 0.0904. The lowest BCUT2D eigenvalue weighted by Crippen LogP contribution is -2.39. The molecule has 0 atom stereocenters. The van der Waals surface area contributed by atoms with Crippen molar-refractivity contribution in [3.63, 3.8) is 0 Å². The van der Waals surface area contributed by atoms with Gasteiger partial charge in [0.15, 0.2) is 0 Å². The van der Waals surface area contributed by atoms with Crippen LogP contribution in [0.1, 0.15) is 53.7 Å². The molecule has 0 unspecified atom stereocenters. The Kier molecular flexibility index (Phi) is 7.44. The first-order valence-corrected chi connectivity index (χ1v) is 12.8. The van der Waals surface area contributed by atoms with E-state index in [0.717, 1.165) is 12.3 Å². The van der Waals surface area contributed by atoms with E-state index in [-0.39, 0.29) is 33.8 Å². The zero-order chi connectivity index (χ0) is 27.7. The lowest BCUT2D eigenvalue weighted by Gasteiger charge is -2.29. The number of nitriles is 1. The van der Waals surface area contributed by atoms with Crippen LogP contribution >= 0.6 is 11.6 Å². The van der Waals surface area contributed by atoms with Crippen LogP contribution in [0.4, 0.5) is 13.2 Å². The normalized spacial score (nSPS) is 17.3. The summed E-state index contributed by atoms with van der Waals surface area (Å²) in [5.41, 5.74) is 0.488. The summed E-state index contributed by atoms with van der Waals surface area (Å²) in [5.74, 6) is -1.08. The molecule has 4 aromatic rings. The second kappa shape index (κ2) is 10.9. The van der Waals surface area contributed by atoms with Crippen LogP contribution in [0.5, 0.6) is 0 Å². The fourth-order valence-corrected chi connectivity index (χ4v) is 5.38. The van der Waals surface area contributed by atoms with Crippen LogP contribution in [0.25, 0.3) is 16.7 Å². The molecule has 5 rings (SSSR count). The van der Waals surface area contributed by atoms with Crippen LogP contribution in [-0.2, 0) is 6.54 Å². The highest BCUT2D eigenvalue weighted by Crippen LogP contribution is 2.29. The number of halogens is 4. The first kappa shape index (κ1) is 26.5. The van der Waals surface area contributed by atoms with Gasteiger partial charge in [0.1, 0.15) is 17.6 Å². The number of pyridine rings is 1. The van der Waals surface area contributed by atoms with E-state index in [2.05, 4.69) is 10.3 Å². The Hall–Kier alpha value is -4.10. The second-order valence-electron chi connectivity index (χ2n) is 9.57. The Morgan fingerprint density at radius 1 is 1.13 bits per heavy atom. The average Bonchev–Trinajstić information content (AvgIpc) is 3.20. The van der Waals surface area contributed by atoms with Crippen molar-refractivity contribution in [3.05, 3.63) is 92.9 Å². The first-order valence-electron chi connectivity index (χ1n) is 12.4. The van der Waals surface area contributed by atoms with Crippen molar-refractivity contribution in [1.82, 2.24) is 19.4 Å². The Morgan fingerprint density at radius 2 is 1.85 bits per heavy atom. The van der Waals surface area contributed by atoms with Crippen LogP contribution < -0.4 is 11.0 Å². The monoisotopic (exact) mass is 553 g/mol. The van der Waals surface area contributed by atoms with E-state index < -0.39 is 23.8 Å². The number of hydrogen-bond donors (Lipinski definition) is 1. The molecule has 200 valence electrons. The molecule has 0 aliphatic heterocycles. The SMILES string of the molecule is N#Cc1cc(F)ccc1-n1c(=O)n(C[C@H]2CC[C@H](NC(=O)c3cc(Cl)cnc3C(F)F)CC2)c2ccccc21. The summed E-state index contributed by atoms with van der Waals surface area (Å²) in [6, 6.07) is 13.9. The minimum absolute atomic E-state index is 0.0566. The Balaban J connectivity index is 1.33. The minimum Gasteiger partial charge on any atom is -0.349 e. The summed E-state index contributed by atoms with van der Waals surface area (Å²) in [7, 11) is 0. The number of benzene rings is 2. The molecule has 0 bridgehead atoms. The van der Waals surface area contributed by atoms with E-state index in [0.29, 0.717) is 48.9 Å². The Labute approximate surface area is 226 Å². The summed E-state index contributed by atoms with van der Waals surface area (Å²) in [6.45, 7) is 0.420. The highest BCUT2D eigenvalue weighted by molar-refractivity contribution is 6.30. The number of para-hydroxylation sites is 2. The van der Waals surface area contributed by atoms with Gasteiger partial charge in [0.25, 0.3) is 12.3 Å². The number of fused-ring (bicyclic) bond motifs is 1. The maximum atomic E-state index is 13.7. The van der Waals surface area contributed by atoms with Crippen LogP contribution in [0.2, 0.25) is 5.02 Å². The van der Waals surface area contributed by atoms with Gasteiger partial charge in [-0.2, -0.15) is 5.26 Å². The number of alkyl halides is 2. The maximum Gasteiger partial charge on any atom is 0.333 e. The number of amides is 1. The van der Waals surface area contributed by atoms with Gasteiger partial charge in [-0.15, -0.1) is 0 Å². The number of nitrogens with one attached hydrogen (secondary N) is 1. The predicted molar refractivity (Wildman–Crippen MR) is 140 cm³/mol. The van der Waals surface area contributed by atoms with Gasteiger partial charge in [-0.1, -0.05) is 23.7 Å². The molecule has 1 amide bonds. The standard InChI is InChI=1S/C28H23ClF3N5O2/c29-18-12-21(25(26(31)32)34-14-18)27(38)35-20-8-5-16(6-9-20)15-36-23-3-1-2-4-24(23)37(28(36)39)22-10-7-19(30)11-17(22)13-33/h1-4,7,10-12,14,16,20,26H,5-6,8-9,15H2,(H,35,38)/t16-,20-. The summed E-state index contributed by atoms with van der Waals surface area (Å²) < 4.78 is 43.5. The summed E-state index contributed by atoms with van der Waals surface area (Å²) in [4.78, 5) is 29.9. The van der Waals surface area contributed by atoms with Gasteiger partial charge in [0.2, 0.25) is 0 Å². The number of hydrogen-bond acceptors (Lipinski definition) is 4. The van der Waals surface area contributed by atoms with Gasteiger partial charge >= 0.3 is 5.69 Å². The zero-order valence-electron chi connectivity index (χ0n) is 20.6. The largest absolute Gasteiger partial charge is 0.349 e. The number of rotatable bonds is 6. The zero-order valence-corrected chi connectivity index (χ0v) is 21.3. The van der Waals surface area contributed by atoms with Crippen molar-refractivity contribution < 1.29 is 18.0 Å². The van der Waals surface area contributed by atoms with Crippen LogP contribution in [0, 0.1) is 23.1 Å². The molecular formula is C28H23ClF3N5O2. The van der Waals surface area contributed by atoms with E-state index in [9.17, 15) is 28.0 Å². The van der Waals surface area contributed by atoms with E-state index in [1.807, 2.05) is 18.2 Å². The molecule has 7 nitrogen and oxygen atoms in total. The molecule has 2 aromatic heterocycles. The number of carbonyl (C=O) groups is 1. The van der Waals surface area contributed by atoms with E-state index in [1.54, 1.807) is 16.7 Å². The Morgan fingerprint density at radius 3 is 2.54 bits per heavy atom. The molecule has 1 aliphatic rings. The van der Waals surface area contributed by atoms with E-state index in [4.69, 9.17) is 11.6 Å². The van der Waals surface area contributed by atoms with Crippen molar-refractivity contribution in [2.24, 2.45) is 5.92 Å². The molecule has 2 heterocycles. The molecule has 2 aromatic carbocycles. The Bertz CT molecular complexity index is 1650. The molecule has 1 saturated carbocycles. The fourth-order valence-electron chi connectivity index (χ4n) is 5.23.